The molecule has 1 saturated heterocycles. The van der Waals surface area contributed by atoms with Crippen molar-refractivity contribution in [2.75, 3.05) is 19.6 Å². The van der Waals surface area contributed by atoms with E-state index in [2.05, 4.69) is 20.0 Å². The molecule has 29 heavy (non-hydrogen) atoms. The molecule has 0 atom stereocenters. The number of amides is 1. The summed E-state index contributed by atoms with van der Waals surface area (Å²) in [7, 11) is 0. The van der Waals surface area contributed by atoms with Crippen LogP contribution < -0.4 is 10.9 Å². The summed E-state index contributed by atoms with van der Waals surface area (Å²) in [6.07, 6.45) is 2.64. The lowest BCUT2D eigenvalue weighted by Gasteiger charge is -2.33. The van der Waals surface area contributed by atoms with Gasteiger partial charge in [-0.2, -0.15) is 0 Å². The van der Waals surface area contributed by atoms with E-state index in [1.165, 1.54) is 6.20 Å². The second kappa shape index (κ2) is 8.62. The number of hydrogen-bond donors (Lipinski definition) is 1. The van der Waals surface area contributed by atoms with E-state index in [9.17, 15) is 9.59 Å². The Morgan fingerprint density at radius 2 is 2.03 bits per heavy atom. The first-order chi connectivity index (χ1) is 13.7. The van der Waals surface area contributed by atoms with Crippen LogP contribution in [0.25, 0.3) is 15.9 Å². The van der Waals surface area contributed by atoms with Crippen LogP contribution in [0.3, 0.4) is 0 Å². The summed E-state index contributed by atoms with van der Waals surface area (Å²) in [5.74, 6) is 0. The van der Waals surface area contributed by atoms with Crippen molar-refractivity contribution >= 4 is 22.8 Å². The summed E-state index contributed by atoms with van der Waals surface area (Å²) < 4.78 is 7.00. The van der Waals surface area contributed by atoms with Gasteiger partial charge in [0.05, 0.1) is 23.8 Å². The van der Waals surface area contributed by atoms with Crippen LogP contribution in [0.1, 0.15) is 33.6 Å². The molecule has 1 aliphatic heterocycles. The summed E-state index contributed by atoms with van der Waals surface area (Å²) in [6.45, 7) is 15.7. The third kappa shape index (κ3) is 5.55. The first kappa shape index (κ1) is 20.8. The highest BCUT2D eigenvalue weighted by molar-refractivity contribution is 5.79. The van der Waals surface area contributed by atoms with Crippen LogP contribution in [0.4, 0.5) is 10.5 Å². The molecule has 1 aromatic heterocycles. The number of nitrogens with zero attached hydrogens (tertiary/aromatic N) is 4. The van der Waals surface area contributed by atoms with Crippen LogP contribution in [0.5, 0.6) is 0 Å². The zero-order valence-electron chi connectivity index (χ0n) is 17.1. The number of carbonyl (C=O) groups excluding carboxylic acids is 1. The van der Waals surface area contributed by atoms with Crippen LogP contribution in [-0.2, 0) is 11.3 Å². The fraction of sp³-hybridized carbons (Fsp3) is 0.524. The van der Waals surface area contributed by atoms with Gasteiger partial charge in [0, 0.05) is 32.2 Å². The lowest BCUT2D eigenvalue weighted by Crippen LogP contribution is -2.46. The molecule has 1 aromatic carbocycles. The number of rotatable bonds is 4. The summed E-state index contributed by atoms with van der Waals surface area (Å²) in [5.41, 5.74) is 1.22. The molecule has 1 N–H and O–H groups in total. The van der Waals surface area contributed by atoms with E-state index < -0.39 is 5.60 Å². The molecular formula is C21H27N5O3. The zero-order valence-corrected chi connectivity index (χ0v) is 17.1. The Balaban J connectivity index is 1.57. The Morgan fingerprint density at radius 3 is 2.69 bits per heavy atom. The summed E-state index contributed by atoms with van der Waals surface area (Å²) >= 11 is 0. The molecule has 1 aliphatic rings. The van der Waals surface area contributed by atoms with E-state index in [4.69, 9.17) is 11.3 Å². The number of benzene rings is 1. The Morgan fingerprint density at radius 1 is 1.31 bits per heavy atom. The molecule has 0 spiro atoms. The topological polar surface area (TPSA) is 80.8 Å². The van der Waals surface area contributed by atoms with E-state index in [1.54, 1.807) is 22.8 Å². The predicted molar refractivity (Wildman–Crippen MR) is 111 cm³/mol. The summed E-state index contributed by atoms with van der Waals surface area (Å²) in [4.78, 5) is 34.2. The van der Waals surface area contributed by atoms with Crippen molar-refractivity contribution in [3.8, 4) is 0 Å². The predicted octanol–water partition coefficient (Wildman–Crippen LogP) is 2.94. The maximum atomic E-state index is 12.3. The molecule has 0 unspecified atom stereocenters. The highest BCUT2D eigenvalue weighted by atomic mass is 16.6. The van der Waals surface area contributed by atoms with Crippen LogP contribution in [0.15, 0.2) is 29.2 Å². The van der Waals surface area contributed by atoms with Crippen molar-refractivity contribution in [3.63, 3.8) is 0 Å². The van der Waals surface area contributed by atoms with Crippen LogP contribution in [-0.4, -0.2) is 51.8 Å². The molecular weight excluding hydrogens is 370 g/mol. The average molecular weight is 397 g/mol. The number of likely N-dealkylation sites (tertiary alicyclic amines) is 1. The van der Waals surface area contributed by atoms with Gasteiger partial charge in [0.2, 0.25) is 0 Å². The zero-order chi connectivity index (χ0) is 21.0. The molecule has 1 fully saturated rings. The third-order valence-corrected chi connectivity index (χ3v) is 4.91. The van der Waals surface area contributed by atoms with E-state index in [1.807, 2.05) is 20.8 Å². The SMILES string of the molecule is [C-]#[N+]c1ccc2ncc(=O)n(CCN3CCC(NC(=O)OC(C)(C)C)CC3)c2c1. The van der Waals surface area contributed by atoms with Crippen molar-refractivity contribution in [2.24, 2.45) is 0 Å². The Labute approximate surface area is 170 Å². The van der Waals surface area contributed by atoms with Gasteiger partial charge in [0.25, 0.3) is 5.56 Å². The smallest absolute Gasteiger partial charge is 0.407 e. The minimum atomic E-state index is -0.502. The first-order valence-corrected chi connectivity index (χ1v) is 9.84. The van der Waals surface area contributed by atoms with E-state index in [0.29, 0.717) is 23.3 Å². The van der Waals surface area contributed by atoms with Crippen molar-refractivity contribution in [2.45, 2.75) is 51.8 Å². The number of hydrogen-bond acceptors (Lipinski definition) is 5. The molecule has 2 aromatic rings. The largest absolute Gasteiger partial charge is 0.444 e. The van der Waals surface area contributed by atoms with Gasteiger partial charge >= 0.3 is 6.09 Å². The number of piperidine rings is 1. The van der Waals surface area contributed by atoms with Gasteiger partial charge < -0.3 is 19.5 Å². The monoisotopic (exact) mass is 397 g/mol. The Kier molecular flexibility index (Phi) is 6.18. The van der Waals surface area contributed by atoms with Gasteiger partial charge in [-0.25, -0.2) is 14.6 Å². The molecule has 8 nitrogen and oxygen atoms in total. The Hall–Kier alpha value is -2.92. The van der Waals surface area contributed by atoms with E-state index in [0.717, 1.165) is 32.5 Å². The van der Waals surface area contributed by atoms with Crippen LogP contribution in [0.2, 0.25) is 0 Å². The standard InChI is InChI=1S/C21H27N5O3/c1-21(2,3)29-20(28)24-15-7-9-25(10-8-15)11-12-26-18-13-16(22-4)5-6-17(18)23-14-19(26)27/h5-6,13-15H,7-12H2,1-3H3,(H,24,28). The maximum absolute atomic E-state index is 12.3. The van der Waals surface area contributed by atoms with Crippen molar-refractivity contribution in [1.82, 2.24) is 19.8 Å². The minimum absolute atomic E-state index is 0.104. The lowest BCUT2D eigenvalue weighted by molar-refractivity contribution is 0.0478. The number of carbonyl (C=O) groups is 1. The Bertz CT molecular complexity index is 978. The lowest BCUT2D eigenvalue weighted by atomic mass is 10.1. The fourth-order valence-electron chi connectivity index (χ4n) is 3.47. The number of aromatic nitrogens is 2. The maximum Gasteiger partial charge on any atom is 0.407 e. The molecule has 0 radical (unpaired) electrons. The van der Waals surface area contributed by atoms with Gasteiger partial charge in [-0.1, -0.05) is 6.07 Å². The highest BCUT2D eigenvalue weighted by Gasteiger charge is 2.23. The number of fused-ring (bicyclic) bond motifs is 1. The van der Waals surface area contributed by atoms with Gasteiger partial charge in [0.15, 0.2) is 5.69 Å². The normalized spacial score (nSPS) is 15.8. The van der Waals surface area contributed by atoms with Crippen LogP contribution in [0, 0.1) is 6.57 Å². The molecule has 1 amide bonds. The van der Waals surface area contributed by atoms with Crippen LogP contribution >= 0.6 is 0 Å². The van der Waals surface area contributed by atoms with Crippen molar-refractivity contribution < 1.29 is 9.53 Å². The van der Waals surface area contributed by atoms with Crippen molar-refractivity contribution in [1.29, 1.82) is 0 Å². The molecule has 154 valence electrons. The number of nitrogens with one attached hydrogen (secondary N) is 1. The van der Waals surface area contributed by atoms with Crippen molar-refractivity contribution in [3.05, 3.63) is 46.2 Å². The number of alkyl carbamates (subject to hydrolysis) is 1. The van der Waals surface area contributed by atoms with Gasteiger partial charge in [-0.05, 0) is 45.7 Å². The number of ether oxygens (including phenoxy) is 1. The second-order valence-corrected chi connectivity index (χ2v) is 8.30. The second-order valence-electron chi connectivity index (χ2n) is 8.30. The quantitative estimate of drug-likeness (QED) is 0.803. The first-order valence-electron chi connectivity index (χ1n) is 9.84. The van der Waals surface area contributed by atoms with E-state index >= 15 is 0 Å². The molecule has 8 heteroatoms. The van der Waals surface area contributed by atoms with Gasteiger partial charge in [0.1, 0.15) is 5.60 Å². The molecule has 0 saturated carbocycles. The third-order valence-electron chi connectivity index (χ3n) is 4.91. The summed E-state index contributed by atoms with van der Waals surface area (Å²) in [6, 6.07) is 5.30. The molecule has 0 bridgehead atoms. The van der Waals surface area contributed by atoms with Gasteiger partial charge in [-0.15, -0.1) is 0 Å². The fourth-order valence-corrected chi connectivity index (χ4v) is 3.47. The van der Waals surface area contributed by atoms with Gasteiger partial charge in [-0.3, -0.25) is 4.79 Å². The molecule has 2 heterocycles. The molecule has 3 rings (SSSR count). The highest BCUT2D eigenvalue weighted by Crippen LogP contribution is 2.19. The summed E-state index contributed by atoms with van der Waals surface area (Å²) in [5, 5.41) is 2.94. The molecule has 0 aliphatic carbocycles. The van der Waals surface area contributed by atoms with E-state index in [-0.39, 0.29) is 17.7 Å². The average Bonchev–Trinajstić information content (AvgIpc) is 2.66. The minimum Gasteiger partial charge on any atom is -0.444 e.